The number of aryl methyl sites for hydroxylation is 2. The Morgan fingerprint density at radius 2 is 1.86 bits per heavy atom. The average molecular weight is 404 g/mol. The molecule has 29 heavy (non-hydrogen) atoms. The lowest BCUT2D eigenvalue weighted by Crippen LogP contribution is -2.21. The number of hydrogen-bond donors (Lipinski definition) is 2. The summed E-state index contributed by atoms with van der Waals surface area (Å²) in [7, 11) is 0. The van der Waals surface area contributed by atoms with Crippen LogP contribution in [0.5, 0.6) is 0 Å². The van der Waals surface area contributed by atoms with Crippen LogP contribution in [0.1, 0.15) is 16.7 Å². The fraction of sp³-hybridized carbons (Fsp3) is 0.136. The van der Waals surface area contributed by atoms with Crippen LogP contribution in [0.4, 0.5) is 16.3 Å². The van der Waals surface area contributed by atoms with Gasteiger partial charge in [-0.25, -0.2) is 4.79 Å². The molecule has 146 valence electrons. The van der Waals surface area contributed by atoms with E-state index in [1.807, 2.05) is 73.8 Å². The number of anilines is 2. The second kappa shape index (κ2) is 7.89. The molecule has 6 nitrogen and oxygen atoms in total. The highest BCUT2D eigenvalue weighted by Gasteiger charge is 2.19. The van der Waals surface area contributed by atoms with Gasteiger partial charge in [0.25, 0.3) is 0 Å². The monoisotopic (exact) mass is 404 g/mol. The number of carbonyl (C=O) groups is 2. The fourth-order valence-corrected chi connectivity index (χ4v) is 3.98. The first-order valence-electron chi connectivity index (χ1n) is 9.20. The Bertz CT molecular complexity index is 1210. The Balaban J connectivity index is 1.55. The summed E-state index contributed by atoms with van der Waals surface area (Å²) in [6, 6.07) is 16.8. The van der Waals surface area contributed by atoms with Crippen molar-refractivity contribution in [3.05, 3.63) is 76.7 Å². The normalized spacial score (nSPS) is 10.8. The first-order chi connectivity index (χ1) is 14.0. The summed E-state index contributed by atoms with van der Waals surface area (Å²) in [5, 5.41) is 12.7. The summed E-state index contributed by atoms with van der Waals surface area (Å²) in [6.45, 7) is 3.94. The van der Waals surface area contributed by atoms with Crippen molar-refractivity contribution in [1.29, 1.82) is 0 Å². The van der Waals surface area contributed by atoms with E-state index in [0.717, 1.165) is 22.1 Å². The predicted octanol–water partition coefficient (Wildman–Crippen LogP) is 4.98. The van der Waals surface area contributed by atoms with E-state index < -0.39 is 0 Å². The molecule has 7 heteroatoms. The molecule has 2 heterocycles. The molecule has 4 aromatic rings. The molecule has 0 radical (unpaired) electrons. The lowest BCUT2D eigenvalue weighted by molar-refractivity contribution is -0.115. The van der Waals surface area contributed by atoms with Gasteiger partial charge >= 0.3 is 6.03 Å². The molecule has 0 aliphatic rings. The number of benzene rings is 2. The number of carbonyl (C=O) groups excluding carboxylic acids is 2. The van der Waals surface area contributed by atoms with Gasteiger partial charge in [0.05, 0.1) is 11.8 Å². The highest BCUT2D eigenvalue weighted by Crippen LogP contribution is 2.28. The van der Waals surface area contributed by atoms with Gasteiger partial charge in [0, 0.05) is 5.69 Å². The van der Waals surface area contributed by atoms with Crippen molar-refractivity contribution in [3.8, 4) is 0 Å². The van der Waals surface area contributed by atoms with Crippen molar-refractivity contribution in [3.63, 3.8) is 0 Å². The van der Waals surface area contributed by atoms with Gasteiger partial charge in [-0.3, -0.25) is 4.79 Å². The molecule has 0 saturated heterocycles. The van der Waals surface area contributed by atoms with Gasteiger partial charge in [-0.05, 0) is 54.1 Å². The summed E-state index contributed by atoms with van der Waals surface area (Å²) >= 11 is 1.40. The second-order valence-corrected chi connectivity index (χ2v) is 7.75. The molecule has 4 rings (SSSR count). The summed E-state index contributed by atoms with van der Waals surface area (Å²) < 4.78 is 1.30. The van der Waals surface area contributed by atoms with Crippen molar-refractivity contribution in [2.45, 2.75) is 20.3 Å². The molecular formula is C22H20N4O2S. The Morgan fingerprint density at radius 3 is 2.66 bits per heavy atom. The maximum absolute atomic E-state index is 12.8. The molecule has 0 spiro atoms. The van der Waals surface area contributed by atoms with Gasteiger partial charge in [0.1, 0.15) is 4.83 Å². The molecule has 0 atom stereocenters. The quantitative estimate of drug-likeness (QED) is 0.504. The van der Waals surface area contributed by atoms with Gasteiger partial charge in [0.2, 0.25) is 5.91 Å². The molecule has 0 bridgehead atoms. The SMILES string of the molecule is Cc1cccc(NC(=O)n2nc(NC(=O)Cc3ccccc3C)c3ccsc32)c1. The third kappa shape index (κ3) is 4.05. The van der Waals surface area contributed by atoms with E-state index in [4.69, 9.17) is 0 Å². The molecule has 2 amide bonds. The van der Waals surface area contributed by atoms with Crippen molar-refractivity contribution >= 4 is 45.0 Å². The standard InChI is InChI=1S/C22H20N4O2S/c1-14-6-5-9-17(12-14)23-22(28)26-21-18(10-11-29-21)20(25-26)24-19(27)13-16-8-4-3-7-15(16)2/h3-12H,13H2,1-2H3,(H,23,28)(H,24,25,27). The molecule has 0 aliphatic carbocycles. The van der Waals surface area contributed by atoms with Crippen LogP contribution in [-0.4, -0.2) is 21.7 Å². The number of nitrogens with one attached hydrogen (secondary N) is 2. The number of fused-ring (bicyclic) bond motifs is 1. The maximum atomic E-state index is 12.8. The average Bonchev–Trinajstić information content (AvgIpc) is 3.27. The summed E-state index contributed by atoms with van der Waals surface area (Å²) in [5.74, 6) is 0.218. The first-order valence-corrected chi connectivity index (χ1v) is 10.1. The van der Waals surface area contributed by atoms with Gasteiger partial charge in [-0.15, -0.1) is 16.4 Å². The summed E-state index contributed by atoms with van der Waals surface area (Å²) in [6.07, 6.45) is 0.251. The van der Waals surface area contributed by atoms with Gasteiger partial charge in [0.15, 0.2) is 5.82 Å². The Labute approximate surface area is 172 Å². The highest BCUT2D eigenvalue weighted by molar-refractivity contribution is 7.17. The van der Waals surface area contributed by atoms with Crippen molar-refractivity contribution in [2.75, 3.05) is 10.6 Å². The number of rotatable bonds is 4. The molecular weight excluding hydrogens is 384 g/mol. The lowest BCUT2D eigenvalue weighted by Gasteiger charge is -2.06. The van der Waals surface area contributed by atoms with E-state index >= 15 is 0 Å². The Hall–Kier alpha value is -3.45. The van der Waals surface area contributed by atoms with Crippen LogP contribution < -0.4 is 10.6 Å². The molecule has 2 aromatic heterocycles. The Kier molecular flexibility index (Phi) is 5.14. The molecule has 0 fully saturated rings. The molecule has 2 N–H and O–H groups in total. The van der Waals surface area contributed by atoms with E-state index in [1.54, 1.807) is 0 Å². The smallest absolute Gasteiger partial charge is 0.308 e. The zero-order valence-electron chi connectivity index (χ0n) is 16.1. The second-order valence-electron chi connectivity index (χ2n) is 6.85. The van der Waals surface area contributed by atoms with Crippen LogP contribution in [-0.2, 0) is 11.2 Å². The largest absolute Gasteiger partial charge is 0.347 e. The number of thiophene rings is 1. The van der Waals surface area contributed by atoms with Gasteiger partial charge in [-0.2, -0.15) is 4.68 Å². The van der Waals surface area contributed by atoms with Crippen LogP contribution >= 0.6 is 11.3 Å². The van der Waals surface area contributed by atoms with Crippen molar-refractivity contribution in [1.82, 2.24) is 9.78 Å². The van der Waals surface area contributed by atoms with Crippen molar-refractivity contribution in [2.24, 2.45) is 0 Å². The maximum Gasteiger partial charge on any atom is 0.347 e. The minimum absolute atomic E-state index is 0.170. The fourth-order valence-electron chi connectivity index (χ4n) is 3.13. The molecule has 0 unspecified atom stereocenters. The predicted molar refractivity (Wildman–Crippen MR) is 117 cm³/mol. The van der Waals surface area contributed by atoms with Gasteiger partial charge in [-0.1, -0.05) is 36.4 Å². The van der Waals surface area contributed by atoms with Crippen LogP contribution in [0.25, 0.3) is 10.2 Å². The minimum Gasteiger partial charge on any atom is -0.308 e. The van der Waals surface area contributed by atoms with Crippen LogP contribution in [0.2, 0.25) is 0 Å². The van der Waals surface area contributed by atoms with Crippen LogP contribution in [0.15, 0.2) is 60.0 Å². The summed E-state index contributed by atoms with van der Waals surface area (Å²) in [5.41, 5.74) is 3.77. The number of hydrogen-bond acceptors (Lipinski definition) is 4. The lowest BCUT2D eigenvalue weighted by atomic mass is 10.1. The van der Waals surface area contributed by atoms with E-state index in [0.29, 0.717) is 16.3 Å². The van der Waals surface area contributed by atoms with Crippen LogP contribution in [0.3, 0.4) is 0 Å². The minimum atomic E-state index is -0.373. The zero-order chi connectivity index (χ0) is 20.4. The van der Waals surface area contributed by atoms with Crippen molar-refractivity contribution < 1.29 is 9.59 Å². The third-order valence-electron chi connectivity index (χ3n) is 4.62. The topological polar surface area (TPSA) is 76.0 Å². The molecule has 0 aliphatic heterocycles. The van der Waals surface area contributed by atoms with Gasteiger partial charge < -0.3 is 10.6 Å². The molecule has 2 aromatic carbocycles. The number of nitrogens with zero attached hydrogens (tertiary/aromatic N) is 2. The van der Waals surface area contributed by atoms with E-state index in [9.17, 15) is 9.59 Å². The summed E-state index contributed by atoms with van der Waals surface area (Å²) in [4.78, 5) is 26.0. The Morgan fingerprint density at radius 1 is 1.03 bits per heavy atom. The number of aromatic nitrogens is 2. The zero-order valence-corrected chi connectivity index (χ0v) is 16.9. The van der Waals surface area contributed by atoms with Crippen LogP contribution in [0, 0.1) is 13.8 Å². The number of amides is 2. The molecule has 0 saturated carbocycles. The first kappa shape index (κ1) is 18.9. The van der Waals surface area contributed by atoms with E-state index in [1.165, 1.54) is 16.0 Å². The van der Waals surface area contributed by atoms with E-state index in [2.05, 4.69) is 15.7 Å². The highest BCUT2D eigenvalue weighted by atomic mass is 32.1. The van der Waals surface area contributed by atoms with E-state index in [-0.39, 0.29) is 18.4 Å². The third-order valence-corrected chi connectivity index (χ3v) is 5.51.